The third-order valence-electron chi connectivity index (χ3n) is 6.54. The zero-order chi connectivity index (χ0) is 26.5. The van der Waals surface area contributed by atoms with E-state index in [1.54, 1.807) is 19.1 Å². The van der Waals surface area contributed by atoms with Crippen LogP contribution in [0.15, 0.2) is 72.8 Å². The Morgan fingerprint density at radius 3 is 1.86 bits per heavy atom. The number of hydrogen-bond donors (Lipinski definition) is 0. The van der Waals surface area contributed by atoms with Crippen molar-refractivity contribution < 1.29 is 19.1 Å². The van der Waals surface area contributed by atoms with Crippen molar-refractivity contribution in [3.05, 3.63) is 89.5 Å². The van der Waals surface area contributed by atoms with Gasteiger partial charge in [-0.2, -0.15) is 0 Å². The van der Waals surface area contributed by atoms with Gasteiger partial charge < -0.3 is 9.47 Å². The van der Waals surface area contributed by atoms with Crippen LogP contribution in [0.1, 0.15) is 92.0 Å². The Morgan fingerprint density at radius 1 is 0.676 bits per heavy atom. The summed E-state index contributed by atoms with van der Waals surface area (Å²) in [5.74, 6) is 0.165. The summed E-state index contributed by atoms with van der Waals surface area (Å²) < 4.78 is 11.3. The third kappa shape index (κ3) is 8.89. The molecular weight excluding hydrogens is 460 g/mol. The Kier molecular flexibility index (Phi) is 11.4. The minimum Gasteiger partial charge on any atom is -0.494 e. The zero-order valence-electron chi connectivity index (χ0n) is 22.5. The van der Waals surface area contributed by atoms with Crippen molar-refractivity contribution in [1.82, 2.24) is 0 Å². The molecule has 0 saturated heterocycles. The molecule has 3 aromatic rings. The van der Waals surface area contributed by atoms with Gasteiger partial charge in [-0.25, -0.2) is 4.79 Å². The van der Waals surface area contributed by atoms with Crippen LogP contribution in [-0.4, -0.2) is 24.5 Å². The summed E-state index contributed by atoms with van der Waals surface area (Å²) in [5, 5.41) is 0. The van der Waals surface area contributed by atoms with E-state index in [2.05, 4.69) is 13.8 Å². The molecule has 4 nitrogen and oxygen atoms in total. The van der Waals surface area contributed by atoms with Gasteiger partial charge in [0.05, 0.1) is 12.2 Å². The molecule has 0 aliphatic heterocycles. The van der Waals surface area contributed by atoms with E-state index >= 15 is 0 Å². The van der Waals surface area contributed by atoms with Gasteiger partial charge in [0.1, 0.15) is 5.75 Å². The fraction of sp³-hybridized carbons (Fsp3) is 0.394. The van der Waals surface area contributed by atoms with Gasteiger partial charge in [-0.05, 0) is 67.1 Å². The highest BCUT2D eigenvalue weighted by atomic mass is 16.5. The van der Waals surface area contributed by atoms with Crippen LogP contribution in [0.5, 0.6) is 5.75 Å². The van der Waals surface area contributed by atoms with Crippen molar-refractivity contribution in [3.63, 3.8) is 0 Å². The van der Waals surface area contributed by atoms with Crippen molar-refractivity contribution in [1.29, 1.82) is 0 Å². The summed E-state index contributed by atoms with van der Waals surface area (Å²) in [4.78, 5) is 25.4. The van der Waals surface area contributed by atoms with Gasteiger partial charge in [0, 0.05) is 5.56 Å². The predicted molar refractivity (Wildman–Crippen MR) is 150 cm³/mol. The highest BCUT2D eigenvalue weighted by molar-refractivity contribution is 6.01. The fourth-order valence-electron chi connectivity index (χ4n) is 4.17. The van der Waals surface area contributed by atoms with Crippen molar-refractivity contribution in [2.75, 3.05) is 6.61 Å². The predicted octanol–water partition coefficient (Wildman–Crippen LogP) is 8.47. The molecule has 4 heteroatoms. The molecule has 0 bridgehead atoms. The van der Waals surface area contributed by atoms with Crippen LogP contribution in [-0.2, 0) is 11.2 Å². The van der Waals surface area contributed by atoms with Crippen molar-refractivity contribution in [3.8, 4) is 16.9 Å². The lowest BCUT2D eigenvalue weighted by molar-refractivity contribution is 0.0319. The van der Waals surface area contributed by atoms with E-state index < -0.39 is 12.1 Å². The van der Waals surface area contributed by atoms with Crippen LogP contribution in [0.2, 0.25) is 0 Å². The lowest BCUT2D eigenvalue weighted by atomic mass is 10.0. The summed E-state index contributed by atoms with van der Waals surface area (Å²) in [6.07, 6.45) is 8.50. The van der Waals surface area contributed by atoms with E-state index in [0.717, 1.165) is 49.2 Å². The first kappa shape index (κ1) is 28.2. The molecule has 0 saturated carbocycles. The number of unbranched alkanes of at least 4 members (excludes halogenated alkanes) is 5. The third-order valence-corrected chi connectivity index (χ3v) is 6.54. The van der Waals surface area contributed by atoms with E-state index in [0.29, 0.717) is 11.1 Å². The number of benzene rings is 3. The lowest BCUT2D eigenvalue weighted by Crippen LogP contribution is -2.24. The fourth-order valence-corrected chi connectivity index (χ4v) is 4.17. The van der Waals surface area contributed by atoms with Gasteiger partial charge in [-0.3, -0.25) is 4.79 Å². The van der Waals surface area contributed by atoms with Crippen LogP contribution in [0.4, 0.5) is 0 Å². The van der Waals surface area contributed by atoms with Gasteiger partial charge >= 0.3 is 5.97 Å². The largest absolute Gasteiger partial charge is 0.494 e. The van der Waals surface area contributed by atoms with E-state index in [4.69, 9.17) is 9.47 Å². The number of Topliss-reactive ketones (excluding diaryl/α,β-unsaturated/α-hetero) is 1. The number of rotatable bonds is 15. The smallest absolute Gasteiger partial charge is 0.338 e. The average Bonchev–Trinajstić information content (AvgIpc) is 2.94. The summed E-state index contributed by atoms with van der Waals surface area (Å²) in [7, 11) is 0. The van der Waals surface area contributed by atoms with Crippen molar-refractivity contribution in [2.24, 2.45) is 0 Å². The highest BCUT2D eigenvalue weighted by Gasteiger charge is 2.20. The number of aryl methyl sites for hydroxylation is 1. The Morgan fingerprint density at radius 2 is 1.24 bits per heavy atom. The second-order valence-corrected chi connectivity index (χ2v) is 9.58. The average molecular weight is 501 g/mol. The first-order chi connectivity index (χ1) is 18.0. The molecule has 0 aliphatic rings. The molecule has 37 heavy (non-hydrogen) atoms. The molecule has 196 valence electrons. The van der Waals surface area contributed by atoms with Gasteiger partial charge in [0.15, 0.2) is 6.10 Å². The van der Waals surface area contributed by atoms with Gasteiger partial charge in [0.25, 0.3) is 0 Å². The van der Waals surface area contributed by atoms with Crippen LogP contribution >= 0.6 is 0 Å². The summed E-state index contributed by atoms with van der Waals surface area (Å²) >= 11 is 0. The molecule has 3 rings (SSSR count). The normalized spacial score (nSPS) is 11.6. The van der Waals surface area contributed by atoms with Gasteiger partial charge in [-0.15, -0.1) is 0 Å². The minimum atomic E-state index is -0.854. The quantitative estimate of drug-likeness (QED) is 0.119. The number of carbonyl (C=O) groups excluding carboxylic acids is 2. The van der Waals surface area contributed by atoms with Crippen LogP contribution in [0.25, 0.3) is 11.1 Å². The number of esters is 1. The van der Waals surface area contributed by atoms with E-state index in [1.165, 1.54) is 31.2 Å². The molecule has 0 aliphatic carbocycles. The Labute approximate surface area is 222 Å². The molecule has 0 spiro atoms. The molecule has 0 N–H and O–H groups in total. The van der Waals surface area contributed by atoms with E-state index in [9.17, 15) is 9.59 Å². The molecule has 0 amide bonds. The Balaban J connectivity index is 1.50. The summed E-state index contributed by atoms with van der Waals surface area (Å²) in [5.41, 5.74) is 4.22. The molecule has 1 unspecified atom stereocenters. The molecular formula is C33H40O4. The SMILES string of the molecule is CCCCCCCOc1ccc(-c2ccc(C(=O)OC(C)C(=O)c3ccc(CCCC)cc3)cc2)cc1. The standard InChI is InChI=1S/C33H40O4/c1-4-6-8-9-10-24-36-31-22-20-28(21-23-31)27-16-18-30(19-17-27)33(35)37-25(3)32(34)29-14-12-26(13-15-29)11-7-5-2/h12-23,25H,4-11,24H2,1-3H3. The zero-order valence-corrected chi connectivity index (χ0v) is 22.5. The number of hydrogen-bond acceptors (Lipinski definition) is 4. The second kappa shape index (κ2) is 15.0. The molecule has 0 aromatic heterocycles. The monoisotopic (exact) mass is 500 g/mol. The molecule has 0 heterocycles. The van der Waals surface area contributed by atoms with Crippen molar-refractivity contribution >= 4 is 11.8 Å². The minimum absolute atomic E-state index is 0.199. The number of ether oxygens (including phenoxy) is 2. The Hall–Kier alpha value is -3.40. The topological polar surface area (TPSA) is 52.6 Å². The summed E-state index contributed by atoms with van der Waals surface area (Å²) in [6.45, 7) is 6.74. The maximum atomic E-state index is 12.7. The first-order valence-corrected chi connectivity index (χ1v) is 13.7. The van der Waals surface area contributed by atoms with Crippen LogP contribution in [0.3, 0.4) is 0 Å². The molecule has 3 aromatic carbocycles. The first-order valence-electron chi connectivity index (χ1n) is 13.7. The van der Waals surface area contributed by atoms with Crippen LogP contribution in [0, 0.1) is 0 Å². The number of ketones is 1. The second-order valence-electron chi connectivity index (χ2n) is 9.58. The van der Waals surface area contributed by atoms with Gasteiger partial charge in [-0.1, -0.05) is 94.5 Å². The maximum Gasteiger partial charge on any atom is 0.338 e. The summed E-state index contributed by atoms with van der Waals surface area (Å²) in [6, 6.07) is 22.8. The van der Waals surface area contributed by atoms with Crippen molar-refractivity contribution in [2.45, 2.75) is 78.2 Å². The van der Waals surface area contributed by atoms with E-state index in [-0.39, 0.29) is 5.78 Å². The molecule has 0 fully saturated rings. The van der Waals surface area contributed by atoms with E-state index in [1.807, 2.05) is 60.7 Å². The highest BCUT2D eigenvalue weighted by Crippen LogP contribution is 2.23. The number of carbonyl (C=O) groups is 2. The van der Waals surface area contributed by atoms with Crippen LogP contribution < -0.4 is 4.74 Å². The lowest BCUT2D eigenvalue weighted by Gasteiger charge is -2.13. The maximum absolute atomic E-state index is 12.7. The molecule has 0 radical (unpaired) electrons. The molecule has 1 atom stereocenters. The Bertz CT molecular complexity index is 1100. The van der Waals surface area contributed by atoms with Gasteiger partial charge in [0.2, 0.25) is 5.78 Å².